The molecule has 0 bridgehead atoms. The molecule has 0 fully saturated rings. The average molecular weight is 248 g/mol. The molecule has 0 saturated carbocycles. The minimum atomic E-state index is -3.29. The number of nitrogens with zero attached hydrogens (tertiary/aromatic N) is 2. The predicted molar refractivity (Wildman–Crippen MR) is 64.5 cm³/mol. The highest BCUT2D eigenvalue weighted by Gasteiger charge is 2.19. The summed E-state index contributed by atoms with van der Waals surface area (Å²) in [5, 5.41) is 2.50. The second-order valence-corrected chi connectivity index (χ2v) is 6.31. The molecule has 0 radical (unpaired) electrons. The summed E-state index contributed by atoms with van der Waals surface area (Å²) in [5.74, 6) is 0.348. The fourth-order valence-electron chi connectivity index (χ4n) is 1.25. The molecule has 0 spiro atoms. The molecule has 1 aliphatic rings. The van der Waals surface area contributed by atoms with Crippen molar-refractivity contribution >= 4 is 16.0 Å². The van der Waals surface area contributed by atoms with Gasteiger partial charge in [-0.25, -0.2) is 13.4 Å². The molecule has 0 aromatic heterocycles. The molecular formula is C9H20N4O2S. The Hall–Kier alpha value is -0.820. The lowest BCUT2D eigenvalue weighted by Gasteiger charge is -2.26. The lowest BCUT2D eigenvalue weighted by Crippen LogP contribution is -2.51. The zero-order valence-corrected chi connectivity index (χ0v) is 10.8. The van der Waals surface area contributed by atoms with Crippen LogP contribution in [0.5, 0.6) is 0 Å². The van der Waals surface area contributed by atoms with E-state index in [1.165, 1.54) is 0 Å². The van der Waals surface area contributed by atoms with E-state index in [0.29, 0.717) is 19.3 Å². The van der Waals surface area contributed by atoms with Crippen LogP contribution in [-0.4, -0.2) is 44.4 Å². The largest absolute Gasteiger partial charge is 0.343 e. The van der Waals surface area contributed by atoms with Crippen molar-refractivity contribution < 1.29 is 8.42 Å². The van der Waals surface area contributed by atoms with Gasteiger partial charge >= 0.3 is 0 Å². The van der Waals surface area contributed by atoms with E-state index in [1.54, 1.807) is 13.8 Å². The van der Waals surface area contributed by atoms with Crippen molar-refractivity contribution in [3.63, 3.8) is 0 Å². The minimum Gasteiger partial charge on any atom is -0.343 e. The van der Waals surface area contributed by atoms with Gasteiger partial charge in [0, 0.05) is 6.54 Å². The number of nitrogens with one attached hydrogen (secondary N) is 2. The number of rotatable bonds is 4. The Kier molecular flexibility index (Phi) is 4.55. The molecule has 0 aliphatic carbocycles. The third kappa shape index (κ3) is 3.64. The third-order valence-corrected chi connectivity index (χ3v) is 4.02. The molecule has 94 valence electrons. The van der Waals surface area contributed by atoms with E-state index < -0.39 is 15.3 Å². The zero-order chi connectivity index (χ0) is 12.2. The van der Waals surface area contributed by atoms with Crippen LogP contribution in [0.15, 0.2) is 4.99 Å². The van der Waals surface area contributed by atoms with E-state index in [2.05, 4.69) is 26.9 Å². The number of aliphatic imine (C=N–C) groups is 1. The van der Waals surface area contributed by atoms with Crippen LogP contribution in [0.3, 0.4) is 0 Å². The Balaban J connectivity index is 2.53. The lowest BCUT2D eigenvalue weighted by molar-refractivity contribution is 0.264. The molecule has 0 aromatic carbocycles. The van der Waals surface area contributed by atoms with Crippen molar-refractivity contribution in [2.24, 2.45) is 4.99 Å². The maximum absolute atomic E-state index is 11.6. The minimum absolute atomic E-state index is 0.348. The van der Waals surface area contributed by atoms with Crippen LogP contribution in [0.1, 0.15) is 27.2 Å². The van der Waals surface area contributed by atoms with Crippen LogP contribution in [0.25, 0.3) is 0 Å². The SMILES string of the molecule is CCCN1CN=C(NS(=O)(=O)C(C)C)NC1. The van der Waals surface area contributed by atoms with Crippen molar-refractivity contribution in [2.45, 2.75) is 32.4 Å². The van der Waals surface area contributed by atoms with Gasteiger partial charge in [0.15, 0.2) is 0 Å². The van der Waals surface area contributed by atoms with E-state index in [-0.39, 0.29) is 0 Å². The lowest BCUT2D eigenvalue weighted by atomic mass is 10.4. The molecule has 2 N–H and O–H groups in total. The Bertz CT molecular complexity index is 351. The summed E-state index contributed by atoms with van der Waals surface area (Å²) in [6.07, 6.45) is 1.06. The fourth-order valence-corrected chi connectivity index (χ4v) is 1.89. The summed E-state index contributed by atoms with van der Waals surface area (Å²) in [7, 11) is -3.29. The predicted octanol–water partition coefficient (Wildman–Crippen LogP) is -0.0996. The molecule has 0 amide bonds. The van der Waals surface area contributed by atoms with Gasteiger partial charge in [0.25, 0.3) is 0 Å². The van der Waals surface area contributed by atoms with Crippen LogP contribution in [-0.2, 0) is 10.0 Å². The first-order chi connectivity index (χ1) is 7.45. The van der Waals surface area contributed by atoms with Crippen LogP contribution < -0.4 is 10.0 Å². The maximum Gasteiger partial charge on any atom is 0.237 e. The normalized spacial score (nSPS) is 18.1. The molecule has 0 unspecified atom stereocenters. The monoisotopic (exact) mass is 248 g/mol. The first-order valence-corrected chi connectivity index (χ1v) is 7.02. The van der Waals surface area contributed by atoms with Crippen molar-refractivity contribution in [2.75, 3.05) is 19.9 Å². The molecule has 7 heteroatoms. The van der Waals surface area contributed by atoms with Gasteiger partial charge in [0.05, 0.1) is 18.6 Å². The third-order valence-electron chi connectivity index (χ3n) is 2.30. The van der Waals surface area contributed by atoms with Gasteiger partial charge in [-0.1, -0.05) is 6.92 Å². The first kappa shape index (κ1) is 13.2. The van der Waals surface area contributed by atoms with Gasteiger partial charge in [0.2, 0.25) is 16.0 Å². The Morgan fingerprint density at radius 2 is 2.25 bits per heavy atom. The van der Waals surface area contributed by atoms with E-state index in [1.807, 2.05) is 0 Å². The summed E-state index contributed by atoms with van der Waals surface area (Å²) in [4.78, 5) is 6.24. The smallest absolute Gasteiger partial charge is 0.237 e. The molecule has 0 atom stereocenters. The van der Waals surface area contributed by atoms with Gasteiger partial charge in [-0.05, 0) is 20.3 Å². The van der Waals surface area contributed by atoms with Crippen molar-refractivity contribution in [3.8, 4) is 0 Å². The van der Waals surface area contributed by atoms with Crippen LogP contribution in [0, 0.1) is 0 Å². The number of guanidine groups is 1. The topological polar surface area (TPSA) is 73.8 Å². The second kappa shape index (κ2) is 5.49. The van der Waals surface area contributed by atoms with Crippen molar-refractivity contribution in [1.29, 1.82) is 0 Å². The quantitative estimate of drug-likeness (QED) is 0.728. The van der Waals surface area contributed by atoms with Gasteiger partial charge in [-0.15, -0.1) is 0 Å². The van der Waals surface area contributed by atoms with E-state index >= 15 is 0 Å². The number of sulfonamides is 1. The molecule has 1 aliphatic heterocycles. The summed E-state index contributed by atoms with van der Waals surface area (Å²) in [6, 6.07) is 0. The van der Waals surface area contributed by atoms with Gasteiger partial charge in [0.1, 0.15) is 0 Å². The summed E-state index contributed by atoms with van der Waals surface area (Å²) in [6.45, 7) is 7.50. The molecular weight excluding hydrogens is 228 g/mol. The fraction of sp³-hybridized carbons (Fsp3) is 0.889. The molecule has 0 aromatic rings. The van der Waals surface area contributed by atoms with Crippen LogP contribution in [0.2, 0.25) is 0 Å². The van der Waals surface area contributed by atoms with Crippen molar-refractivity contribution in [3.05, 3.63) is 0 Å². The van der Waals surface area contributed by atoms with Gasteiger partial charge in [-0.2, -0.15) is 0 Å². The van der Waals surface area contributed by atoms with E-state index in [4.69, 9.17) is 0 Å². The second-order valence-electron chi connectivity index (χ2n) is 4.07. The summed E-state index contributed by atoms with van der Waals surface area (Å²) in [5.41, 5.74) is 0. The molecule has 1 heterocycles. The number of hydrogen-bond acceptors (Lipinski definition) is 5. The zero-order valence-electron chi connectivity index (χ0n) is 10.0. The highest BCUT2D eigenvalue weighted by Crippen LogP contribution is 1.99. The first-order valence-electron chi connectivity index (χ1n) is 5.48. The molecule has 6 nitrogen and oxygen atoms in total. The van der Waals surface area contributed by atoms with Gasteiger partial charge < -0.3 is 5.32 Å². The standard InChI is InChI=1S/C9H20N4O2S/c1-4-5-13-6-10-9(11-7-13)12-16(14,15)8(2)3/h8H,4-7H2,1-3H3,(H2,10,11,12). The molecule has 1 rings (SSSR count). The Morgan fingerprint density at radius 3 is 2.69 bits per heavy atom. The Labute approximate surface area is 97.2 Å². The van der Waals surface area contributed by atoms with Crippen LogP contribution >= 0.6 is 0 Å². The Morgan fingerprint density at radius 1 is 1.56 bits per heavy atom. The van der Waals surface area contributed by atoms with Gasteiger partial charge in [-0.3, -0.25) is 9.62 Å². The molecule has 0 saturated heterocycles. The molecule has 16 heavy (non-hydrogen) atoms. The highest BCUT2D eigenvalue weighted by atomic mass is 32.2. The summed E-state index contributed by atoms with van der Waals surface area (Å²) >= 11 is 0. The maximum atomic E-state index is 11.6. The van der Waals surface area contributed by atoms with Crippen molar-refractivity contribution in [1.82, 2.24) is 14.9 Å². The average Bonchev–Trinajstić information content (AvgIpc) is 2.21. The highest BCUT2D eigenvalue weighted by molar-refractivity contribution is 7.90. The van der Waals surface area contributed by atoms with E-state index in [9.17, 15) is 8.42 Å². The van der Waals surface area contributed by atoms with E-state index in [0.717, 1.165) is 13.0 Å². The van der Waals surface area contributed by atoms with Crippen LogP contribution in [0.4, 0.5) is 0 Å². The number of hydrogen-bond donors (Lipinski definition) is 2. The summed E-state index contributed by atoms with van der Waals surface area (Å²) < 4.78 is 25.6.